The van der Waals surface area contributed by atoms with Crippen LogP contribution in [0, 0.1) is 0 Å². The Morgan fingerprint density at radius 2 is 2.19 bits per heavy atom. The van der Waals surface area contributed by atoms with E-state index < -0.39 is 0 Å². The third-order valence-corrected chi connectivity index (χ3v) is 2.05. The minimum Gasteiger partial charge on any atom is -0.469 e. The molecule has 5 heteroatoms. The van der Waals surface area contributed by atoms with Crippen molar-refractivity contribution < 1.29 is 24.2 Å². The van der Waals surface area contributed by atoms with E-state index in [0.29, 0.717) is 32.3 Å². The van der Waals surface area contributed by atoms with Crippen LogP contribution >= 0.6 is 0 Å². The molecule has 94 valence electrons. The third-order valence-electron chi connectivity index (χ3n) is 2.05. The van der Waals surface area contributed by atoms with Gasteiger partial charge in [-0.15, -0.1) is 0 Å². The van der Waals surface area contributed by atoms with E-state index in [0.717, 1.165) is 12.8 Å². The summed E-state index contributed by atoms with van der Waals surface area (Å²) < 4.78 is 9.02. The van der Waals surface area contributed by atoms with Crippen LogP contribution in [0.5, 0.6) is 0 Å². The van der Waals surface area contributed by atoms with Crippen molar-refractivity contribution in [3.8, 4) is 0 Å². The molecule has 0 radical (unpaired) electrons. The number of hydrogen-bond acceptors (Lipinski definition) is 5. The van der Waals surface area contributed by atoms with E-state index in [1.165, 1.54) is 7.11 Å². The number of carbonyl (C=O) groups excluding carboxylic acids is 2. The highest BCUT2D eigenvalue weighted by atomic mass is 16.5. The summed E-state index contributed by atoms with van der Waals surface area (Å²) in [5, 5.41) is 8.30. The molecule has 0 aromatic carbocycles. The van der Waals surface area contributed by atoms with E-state index in [2.05, 4.69) is 9.47 Å². The Labute approximate surface area is 95.7 Å². The first-order valence-corrected chi connectivity index (χ1v) is 5.54. The van der Waals surface area contributed by atoms with Gasteiger partial charge in [-0.05, 0) is 25.7 Å². The molecule has 1 heterocycles. The van der Waals surface area contributed by atoms with Gasteiger partial charge in [0.2, 0.25) is 0 Å². The zero-order valence-corrected chi connectivity index (χ0v) is 9.74. The summed E-state index contributed by atoms with van der Waals surface area (Å²) in [5.74, 6) is -0.241. The predicted molar refractivity (Wildman–Crippen MR) is 57.8 cm³/mol. The van der Waals surface area contributed by atoms with Gasteiger partial charge in [-0.25, -0.2) is 0 Å². The number of hydrogen-bond donors (Lipinski definition) is 1. The predicted octanol–water partition coefficient (Wildman–Crippen LogP) is 1.04. The monoisotopic (exact) mass is 232 g/mol. The average Bonchev–Trinajstić information content (AvgIpc) is 2.31. The molecular formula is C11H20O5. The van der Waals surface area contributed by atoms with E-state index in [9.17, 15) is 9.59 Å². The minimum absolute atomic E-state index is 0.0359. The van der Waals surface area contributed by atoms with Crippen LogP contribution in [-0.2, 0) is 19.1 Å². The summed E-state index contributed by atoms with van der Waals surface area (Å²) in [6.45, 7) is 0.788. The Morgan fingerprint density at radius 1 is 1.44 bits per heavy atom. The van der Waals surface area contributed by atoms with Crippen molar-refractivity contribution in [1.29, 1.82) is 0 Å². The SMILES string of the molecule is COC(=O)CCCCO.O=C1CCCCO1. The highest BCUT2D eigenvalue weighted by Gasteiger charge is 2.06. The first-order chi connectivity index (χ1) is 7.70. The lowest BCUT2D eigenvalue weighted by atomic mass is 10.2. The van der Waals surface area contributed by atoms with Crippen LogP contribution in [0.3, 0.4) is 0 Å². The lowest BCUT2D eigenvalue weighted by Gasteiger charge is -2.08. The molecule has 0 bridgehead atoms. The Hall–Kier alpha value is -1.10. The van der Waals surface area contributed by atoms with Crippen molar-refractivity contribution in [2.75, 3.05) is 20.3 Å². The fourth-order valence-corrected chi connectivity index (χ4v) is 1.11. The number of methoxy groups -OCH3 is 1. The van der Waals surface area contributed by atoms with Crippen molar-refractivity contribution in [3.05, 3.63) is 0 Å². The lowest BCUT2D eigenvalue weighted by molar-refractivity contribution is -0.146. The van der Waals surface area contributed by atoms with E-state index in [1.54, 1.807) is 0 Å². The fraction of sp³-hybridized carbons (Fsp3) is 0.818. The molecule has 0 spiro atoms. The molecule has 16 heavy (non-hydrogen) atoms. The van der Waals surface area contributed by atoms with Crippen molar-refractivity contribution in [2.45, 2.75) is 38.5 Å². The zero-order chi connectivity index (χ0) is 12.2. The Balaban J connectivity index is 0.000000288. The molecule has 0 amide bonds. The molecule has 0 atom stereocenters. The largest absolute Gasteiger partial charge is 0.469 e. The fourth-order valence-electron chi connectivity index (χ4n) is 1.11. The van der Waals surface area contributed by atoms with Gasteiger partial charge < -0.3 is 14.6 Å². The summed E-state index contributed by atoms with van der Waals surface area (Å²) in [4.78, 5) is 20.6. The number of aliphatic hydroxyl groups excluding tert-OH is 1. The average molecular weight is 232 g/mol. The third kappa shape index (κ3) is 9.45. The van der Waals surface area contributed by atoms with Gasteiger partial charge in [0, 0.05) is 19.4 Å². The Bertz CT molecular complexity index is 195. The van der Waals surface area contributed by atoms with Crippen molar-refractivity contribution in [3.63, 3.8) is 0 Å². The summed E-state index contributed by atoms with van der Waals surface area (Å²) >= 11 is 0. The molecular weight excluding hydrogens is 212 g/mol. The maximum Gasteiger partial charge on any atom is 0.305 e. The standard InChI is InChI=1S/C6H12O3.C5H8O2/c1-9-6(8)4-2-3-5-7;6-5-3-1-2-4-7-5/h7H,2-5H2,1H3;1-4H2. The topological polar surface area (TPSA) is 72.8 Å². The number of rotatable bonds is 4. The van der Waals surface area contributed by atoms with Crippen LogP contribution in [0.15, 0.2) is 0 Å². The van der Waals surface area contributed by atoms with Crippen LogP contribution in [0.2, 0.25) is 0 Å². The van der Waals surface area contributed by atoms with Crippen molar-refractivity contribution in [2.24, 2.45) is 0 Å². The first kappa shape index (κ1) is 14.9. The van der Waals surface area contributed by atoms with Gasteiger partial charge in [0.25, 0.3) is 0 Å². The van der Waals surface area contributed by atoms with E-state index >= 15 is 0 Å². The molecule has 1 aliphatic rings. The summed E-state index contributed by atoms with van der Waals surface area (Å²) in [5.41, 5.74) is 0. The van der Waals surface area contributed by atoms with E-state index in [4.69, 9.17) is 5.11 Å². The molecule has 0 aromatic heterocycles. The molecule has 5 nitrogen and oxygen atoms in total. The molecule has 0 unspecified atom stereocenters. The molecule has 1 aliphatic heterocycles. The maximum atomic E-state index is 10.4. The first-order valence-electron chi connectivity index (χ1n) is 5.54. The molecule has 1 fully saturated rings. The lowest BCUT2D eigenvalue weighted by Crippen LogP contribution is -2.10. The normalized spacial score (nSPS) is 14.5. The van der Waals surface area contributed by atoms with Crippen LogP contribution in [0.1, 0.15) is 38.5 Å². The highest BCUT2D eigenvalue weighted by Crippen LogP contribution is 2.04. The van der Waals surface area contributed by atoms with Gasteiger partial charge in [0.1, 0.15) is 0 Å². The molecule has 0 aliphatic carbocycles. The van der Waals surface area contributed by atoms with Gasteiger partial charge in [-0.3, -0.25) is 9.59 Å². The van der Waals surface area contributed by atoms with Gasteiger partial charge in [-0.2, -0.15) is 0 Å². The van der Waals surface area contributed by atoms with Gasteiger partial charge in [0.05, 0.1) is 13.7 Å². The molecule has 0 aromatic rings. The Kier molecular flexibility index (Phi) is 9.70. The van der Waals surface area contributed by atoms with Gasteiger partial charge in [0.15, 0.2) is 0 Å². The Morgan fingerprint density at radius 3 is 2.56 bits per heavy atom. The smallest absolute Gasteiger partial charge is 0.305 e. The minimum atomic E-state index is -0.205. The van der Waals surface area contributed by atoms with Crippen LogP contribution < -0.4 is 0 Å². The number of cyclic esters (lactones) is 1. The number of carbonyl (C=O) groups is 2. The van der Waals surface area contributed by atoms with Crippen molar-refractivity contribution >= 4 is 11.9 Å². The summed E-state index contributed by atoms with van der Waals surface area (Å²) in [7, 11) is 1.36. The molecule has 1 N–H and O–H groups in total. The van der Waals surface area contributed by atoms with Crippen LogP contribution in [-0.4, -0.2) is 37.4 Å². The van der Waals surface area contributed by atoms with Crippen molar-refractivity contribution in [1.82, 2.24) is 0 Å². The van der Waals surface area contributed by atoms with E-state index in [1.807, 2.05) is 0 Å². The second-order valence-corrected chi connectivity index (χ2v) is 3.43. The van der Waals surface area contributed by atoms with Gasteiger partial charge in [-0.1, -0.05) is 0 Å². The van der Waals surface area contributed by atoms with Gasteiger partial charge >= 0.3 is 11.9 Å². The number of esters is 2. The summed E-state index contributed by atoms with van der Waals surface area (Å²) in [6, 6.07) is 0. The van der Waals surface area contributed by atoms with E-state index in [-0.39, 0.29) is 18.5 Å². The second-order valence-electron chi connectivity index (χ2n) is 3.43. The zero-order valence-electron chi connectivity index (χ0n) is 9.74. The molecule has 0 saturated carbocycles. The number of ether oxygens (including phenoxy) is 2. The maximum absolute atomic E-state index is 10.4. The molecule has 1 rings (SSSR count). The molecule has 1 saturated heterocycles. The van der Waals surface area contributed by atoms with Crippen LogP contribution in [0.25, 0.3) is 0 Å². The number of aliphatic hydroxyl groups is 1. The second kappa shape index (κ2) is 10.4. The summed E-state index contributed by atoms with van der Waals surface area (Å²) in [6.07, 6.45) is 4.49. The highest BCUT2D eigenvalue weighted by molar-refractivity contribution is 5.69. The van der Waals surface area contributed by atoms with Crippen LogP contribution in [0.4, 0.5) is 0 Å². The quantitative estimate of drug-likeness (QED) is 0.579. The number of unbranched alkanes of at least 4 members (excludes halogenated alkanes) is 1.